The summed E-state index contributed by atoms with van der Waals surface area (Å²) in [6.45, 7) is 0.906. The Hall–Kier alpha value is -1.90. The highest BCUT2D eigenvalue weighted by molar-refractivity contribution is 6.30. The first kappa shape index (κ1) is 21.1. The number of nitrogens with two attached hydrogens (primary N) is 1. The molecule has 138 valence electrons. The lowest BCUT2D eigenvalue weighted by atomic mass is 10.1. The van der Waals surface area contributed by atoms with Gasteiger partial charge >= 0.3 is 0 Å². The van der Waals surface area contributed by atoms with E-state index in [1.165, 1.54) is 17.0 Å². The molecule has 0 aliphatic carbocycles. The Kier molecular flexibility index (Phi) is 8.08. The van der Waals surface area contributed by atoms with Crippen molar-refractivity contribution in [1.29, 1.82) is 0 Å². The van der Waals surface area contributed by atoms with Gasteiger partial charge in [0.25, 0.3) is 5.91 Å². The largest absolute Gasteiger partial charge is 0.346 e. The van der Waals surface area contributed by atoms with Gasteiger partial charge in [-0.15, -0.1) is 12.4 Å². The smallest absolute Gasteiger partial charge is 0.256 e. The van der Waals surface area contributed by atoms with Gasteiger partial charge in [0.05, 0.1) is 18.7 Å². The Morgan fingerprint density at radius 1 is 1.16 bits per heavy atom. The Morgan fingerprint density at radius 2 is 1.76 bits per heavy atom. The van der Waals surface area contributed by atoms with Gasteiger partial charge < -0.3 is 20.9 Å². The molecule has 3 N–H and O–H groups in total. The predicted molar refractivity (Wildman–Crippen MR) is 93.2 cm³/mol. The summed E-state index contributed by atoms with van der Waals surface area (Å²) in [4.78, 5) is 38.3. The lowest BCUT2D eigenvalue weighted by Gasteiger charge is -2.35. The van der Waals surface area contributed by atoms with Gasteiger partial charge in [0.1, 0.15) is 5.82 Å². The molecule has 1 aliphatic rings. The number of benzene rings is 1. The van der Waals surface area contributed by atoms with E-state index in [4.69, 9.17) is 17.3 Å². The average molecular weight is 393 g/mol. The van der Waals surface area contributed by atoms with E-state index in [9.17, 15) is 18.8 Å². The van der Waals surface area contributed by atoms with E-state index in [1.807, 2.05) is 0 Å². The number of nitrogens with one attached hydrogen (secondary N) is 1. The van der Waals surface area contributed by atoms with E-state index in [1.54, 1.807) is 4.90 Å². The number of nitrogens with zero attached hydrogens (tertiary/aromatic N) is 2. The molecule has 1 aromatic rings. The standard InChI is InChI=1S/C15H18ClFN4O3.ClH/c16-10-1-2-11(12(17)7-10)15(24)21-5-3-20(4-6-21)14(23)9-19-13(22)8-18;/h1-2,7H,3-6,8-9,18H2,(H,19,22);1H. The van der Waals surface area contributed by atoms with Crippen molar-refractivity contribution in [2.24, 2.45) is 5.73 Å². The number of hydrogen-bond acceptors (Lipinski definition) is 4. The minimum absolute atomic E-state index is 0. The van der Waals surface area contributed by atoms with Crippen molar-refractivity contribution in [3.8, 4) is 0 Å². The van der Waals surface area contributed by atoms with Crippen LogP contribution in [0.5, 0.6) is 0 Å². The van der Waals surface area contributed by atoms with Crippen LogP contribution in [-0.4, -0.2) is 66.8 Å². The number of halogens is 3. The quantitative estimate of drug-likeness (QED) is 0.767. The van der Waals surface area contributed by atoms with Crippen molar-refractivity contribution in [3.63, 3.8) is 0 Å². The maximum atomic E-state index is 13.8. The molecule has 25 heavy (non-hydrogen) atoms. The van der Waals surface area contributed by atoms with Crippen molar-refractivity contribution < 1.29 is 18.8 Å². The van der Waals surface area contributed by atoms with Crippen LogP contribution in [0.25, 0.3) is 0 Å². The third kappa shape index (κ3) is 5.55. The monoisotopic (exact) mass is 392 g/mol. The second kappa shape index (κ2) is 9.55. The maximum Gasteiger partial charge on any atom is 0.256 e. The molecule has 0 spiro atoms. The van der Waals surface area contributed by atoms with Crippen LogP contribution in [0.4, 0.5) is 4.39 Å². The van der Waals surface area contributed by atoms with E-state index in [0.29, 0.717) is 13.1 Å². The fourth-order valence-electron chi connectivity index (χ4n) is 2.35. The molecule has 1 aromatic carbocycles. The molecule has 10 heteroatoms. The van der Waals surface area contributed by atoms with Crippen molar-refractivity contribution in [2.75, 3.05) is 39.3 Å². The Labute approximate surface area is 155 Å². The zero-order valence-electron chi connectivity index (χ0n) is 13.3. The van der Waals surface area contributed by atoms with Gasteiger partial charge in [0, 0.05) is 31.2 Å². The Balaban J connectivity index is 0.00000312. The lowest BCUT2D eigenvalue weighted by molar-refractivity contribution is -0.133. The van der Waals surface area contributed by atoms with Crippen LogP contribution in [-0.2, 0) is 9.59 Å². The number of hydrogen-bond donors (Lipinski definition) is 2. The molecule has 1 heterocycles. The normalized spacial score (nSPS) is 13.9. The first-order valence-electron chi connectivity index (χ1n) is 7.41. The summed E-state index contributed by atoms with van der Waals surface area (Å²) < 4.78 is 13.8. The molecule has 0 aromatic heterocycles. The molecule has 0 atom stereocenters. The van der Waals surface area contributed by atoms with Gasteiger partial charge in [0.2, 0.25) is 11.8 Å². The van der Waals surface area contributed by atoms with E-state index in [0.717, 1.165) is 6.07 Å². The van der Waals surface area contributed by atoms with Gasteiger partial charge in [-0.05, 0) is 18.2 Å². The fraction of sp³-hybridized carbons (Fsp3) is 0.400. The first-order valence-corrected chi connectivity index (χ1v) is 7.79. The molecule has 1 saturated heterocycles. The molecule has 7 nitrogen and oxygen atoms in total. The van der Waals surface area contributed by atoms with Crippen molar-refractivity contribution >= 4 is 41.7 Å². The number of rotatable bonds is 4. The zero-order chi connectivity index (χ0) is 17.7. The van der Waals surface area contributed by atoms with Crippen LogP contribution in [0.15, 0.2) is 18.2 Å². The number of carbonyl (C=O) groups excluding carboxylic acids is 3. The Bertz CT molecular complexity index is 652. The zero-order valence-corrected chi connectivity index (χ0v) is 14.9. The third-order valence-electron chi connectivity index (χ3n) is 3.70. The highest BCUT2D eigenvalue weighted by Crippen LogP contribution is 2.17. The highest BCUT2D eigenvalue weighted by Gasteiger charge is 2.26. The van der Waals surface area contributed by atoms with Gasteiger partial charge in [-0.2, -0.15) is 0 Å². The average Bonchev–Trinajstić information content (AvgIpc) is 2.59. The molecule has 3 amide bonds. The Morgan fingerprint density at radius 3 is 2.32 bits per heavy atom. The van der Waals surface area contributed by atoms with E-state index in [-0.39, 0.29) is 55.1 Å². The molecule has 0 saturated carbocycles. The topological polar surface area (TPSA) is 95.7 Å². The molecule has 1 fully saturated rings. The molecular formula is C15H19Cl2FN4O3. The summed E-state index contributed by atoms with van der Waals surface area (Å²) in [7, 11) is 0. The van der Waals surface area contributed by atoms with E-state index < -0.39 is 17.6 Å². The van der Waals surface area contributed by atoms with Crippen LogP contribution in [0.3, 0.4) is 0 Å². The summed E-state index contributed by atoms with van der Waals surface area (Å²) in [5, 5.41) is 2.63. The number of carbonyl (C=O) groups is 3. The molecular weight excluding hydrogens is 374 g/mol. The fourth-order valence-corrected chi connectivity index (χ4v) is 2.51. The molecule has 0 bridgehead atoms. The van der Waals surface area contributed by atoms with Crippen LogP contribution in [0.2, 0.25) is 5.02 Å². The van der Waals surface area contributed by atoms with Gasteiger partial charge in [-0.1, -0.05) is 11.6 Å². The van der Waals surface area contributed by atoms with Gasteiger partial charge in [-0.25, -0.2) is 4.39 Å². The SMILES string of the molecule is Cl.NCC(=O)NCC(=O)N1CCN(C(=O)c2ccc(Cl)cc2F)CC1. The summed E-state index contributed by atoms with van der Waals surface area (Å²) >= 11 is 5.68. The number of amides is 3. The van der Waals surface area contributed by atoms with Crippen LogP contribution in [0.1, 0.15) is 10.4 Å². The number of piperazine rings is 1. The van der Waals surface area contributed by atoms with Crippen molar-refractivity contribution in [2.45, 2.75) is 0 Å². The summed E-state index contributed by atoms with van der Waals surface area (Å²) in [5.41, 5.74) is 5.10. The van der Waals surface area contributed by atoms with Gasteiger partial charge in [0.15, 0.2) is 0 Å². The second-order valence-electron chi connectivity index (χ2n) is 5.28. The van der Waals surface area contributed by atoms with Crippen molar-refractivity contribution in [1.82, 2.24) is 15.1 Å². The molecule has 0 radical (unpaired) electrons. The molecule has 0 unspecified atom stereocenters. The minimum Gasteiger partial charge on any atom is -0.346 e. The predicted octanol–water partition coefficient (Wildman–Crippen LogP) is 0.260. The lowest BCUT2D eigenvalue weighted by Crippen LogP contribution is -2.53. The maximum absolute atomic E-state index is 13.8. The van der Waals surface area contributed by atoms with Crippen LogP contribution in [0, 0.1) is 5.82 Å². The summed E-state index contributed by atoms with van der Waals surface area (Å²) in [6, 6.07) is 3.90. The van der Waals surface area contributed by atoms with E-state index >= 15 is 0 Å². The third-order valence-corrected chi connectivity index (χ3v) is 3.94. The van der Waals surface area contributed by atoms with E-state index in [2.05, 4.69) is 5.32 Å². The first-order chi connectivity index (χ1) is 11.4. The van der Waals surface area contributed by atoms with Gasteiger partial charge in [-0.3, -0.25) is 14.4 Å². The minimum atomic E-state index is -0.671. The summed E-state index contributed by atoms with van der Waals surface area (Å²) in [5.74, 6) is -1.76. The highest BCUT2D eigenvalue weighted by atomic mass is 35.5. The second-order valence-corrected chi connectivity index (χ2v) is 5.71. The molecule has 1 aliphatic heterocycles. The molecule has 2 rings (SSSR count). The van der Waals surface area contributed by atoms with Crippen LogP contribution >= 0.6 is 24.0 Å². The van der Waals surface area contributed by atoms with Crippen molar-refractivity contribution in [3.05, 3.63) is 34.6 Å². The summed E-state index contributed by atoms with van der Waals surface area (Å²) in [6.07, 6.45) is 0. The van der Waals surface area contributed by atoms with Crippen LogP contribution < -0.4 is 11.1 Å².